The van der Waals surface area contributed by atoms with Crippen LogP contribution in [0.3, 0.4) is 0 Å². The standard InChI is InChI=1S/C24H23ClFN3O2S/c25-20-5-1-2-6-22(20)32-24-19(4-3-11-27-24)23(30)28-16-21(29-12-14-31-15-13-29)17-7-9-18(26)10-8-17/h1-11,21H,12-16H2,(H,28,30)/t21-/m1/s1. The van der Waals surface area contributed by atoms with E-state index in [1.807, 2.05) is 24.3 Å². The fourth-order valence-electron chi connectivity index (χ4n) is 3.59. The van der Waals surface area contributed by atoms with Crippen LogP contribution >= 0.6 is 23.4 Å². The number of ether oxygens (including phenoxy) is 1. The lowest BCUT2D eigenvalue weighted by atomic mass is 10.0. The molecule has 1 atom stereocenters. The number of hydrogen-bond donors (Lipinski definition) is 1. The van der Waals surface area contributed by atoms with E-state index in [1.165, 1.54) is 23.9 Å². The van der Waals surface area contributed by atoms with Crippen LogP contribution in [0.2, 0.25) is 5.02 Å². The van der Waals surface area contributed by atoms with Crippen molar-refractivity contribution in [1.82, 2.24) is 15.2 Å². The van der Waals surface area contributed by atoms with Crippen molar-refractivity contribution < 1.29 is 13.9 Å². The lowest BCUT2D eigenvalue weighted by molar-refractivity contribution is 0.0162. The number of nitrogens with zero attached hydrogens (tertiary/aromatic N) is 2. The summed E-state index contributed by atoms with van der Waals surface area (Å²) in [5, 5.41) is 4.24. The molecule has 2 heterocycles. The maximum atomic E-state index is 13.5. The Hall–Kier alpha value is -2.45. The van der Waals surface area contributed by atoms with Gasteiger partial charge in [0.15, 0.2) is 0 Å². The van der Waals surface area contributed by atoms with Crippen LogP contribution in [-0.2, 0) is 4.74 Å². The van der Waals surface area contributed by atoms with Gasteiger partial charge < -0.3 is 10.1 Å². The van der Waals surface area contributed by atoms with Gasteiger partial charge in [0, 0.05) is 30.7 Å². The Labute approximate surface area is 195 Å². The third-order valence-electron chi connectivity index (χ3n) is 5.26. The third-order valence-corrected chi connectivity index (χ3v) is 6.79. The first-order chi connectivity index (χ1) is 15.6. The molecule has 166 valence electrons. The highest BCUT2D eigenvalue weighted by atomic mass is 35.5. The molecular formula is C24H23ClFN3O2S. The maximum absolute atomic E-state index is 13.5. The van der Waals surface area contributed by atoms with Gasteiger partial charge in [0.2, 0.25) is 0 Å². The predicted molar refractivity (Wildman–Crippen MR) is 124 cm³/mol. The van der Waals surface area contributed by atoms with Crippen molar-refractivity contribution in [3.8, 4) is 0 Å². The van der Waals surface area contributed by atoms with E-state index in [0.29, 0.717) is 35.4 Å². The van der Waals surface area contributed by atoms with Crippen LogP contribution in [0.4, 0.5) is 4.39 Å². The summed E-state index contributed by atoms with van der Waals surface area (Å²) in [4.78, 5) is 20.6. The molecule has 1 aliphatic rings. The predicted octanol–water partition coefficient (Wildman–Crippen LogP) is 4.83. The maximum Gasteiger partial charge on any atom is 0.254 e. The number of carbonyl (C=O) groups is 1. The molecule has 1 amide bonds. The minimum Gasteiger partial charge on any atom is -0.379 e. The van der Waals surface area contributed by atoms with E-state index >= 15 is 0 Å². The second-order valence-electron chi connectivity index (χ2n) is 7.31. The summed E-state index contributed by atoms with van der Waals surface area (Å²) in [6.07, 6.45) is 1.66. The number of halogens is 2. The SMILES string of the molecule is O=C(NC[C@H](c1ccc(F)cc1)N1CCOCC1)c1cccnc1Sc1ccccc1Cl. The molecule has 32 heavy (non-hydrogen) atoms. The van der Waals surface area contributed by atoms with E-state index < -0.39 is 0 Å². The van der Waals surface area contributed by atoms with E-state index in [4.69, 9.17) is 16.3 Å². The summed E-state index contributed by atoms with van der Waals surface area (Å²) in [6.45, 7) is 3.14. The molecule has 5 nitrogen and oxygen atoms in total. The number of pyridine rings is 1. The molecule has 0 bridgehead atoms. The Morgan fingerprint density at radius 3 is 2.62 bits per heavy atom. The van der Waals surface area contributed by atoms with Gasteiger partial charge >= 0.3 is 0 Å². The van der Waals surface area contributed by atoms with Crippen molar-refractivity contribution in [2.75, 3.05) is 32.8 Å². The number of nitrogens with one attached hydrogen (secondary N) is 1. The normalized spacial score (nSPS) is 15.3. The zero-order valence-electron chi connectivity index (χ0n) is 17.3. The second kappa shape index (κ2) is 10.9. The Morgan fingerprint density at radius 2 is 1.88 bits per heavy atom. The van der Waals surface area contributed by atoms with Gasteiger partial charge in [0.05, 0.1) is 29.8 Å². The molecule has 2 aromatic carbocycles. The molecule has 1 aromatic heterocycles. The zero-order valence-corrected chi connectivity index (χ0v) is 18.9. The molecule has 1 aliphatic heterocycles. The van der Waals surface area contributed by atoms with Crippen LogP contribution < -0.4 is 5.32 Å². The fourth-order valence-corrected chi connectivity index (χ4v) is 4.75. The topological polar surface area (TPSA) is 54.5 Å². The van der Waals surface area contributed by atoms with Gasteiger partial charge in [0.25, 0.3) is 5.91 Å². The van der Waals surface area contributed by atoms with Gasteiger partial charge in [-0.2, -0.15) is 0 Å². The zero-order chi connectivity index (χ0) is 22.3. The number of carbonyl (C=O) groups excluding carboxylic acids is 1. The number of aromatic nitrogens is 1. The van der Waals surface area contributed by atoms with Crippen LogP contribution in [0.1, 0.15) is 22.0 Å². The molecule has 0 radical (unpaired) electrons. The van der Waals surface area contributed by atoms with Crippen molar-refractivity contribution in [3.63, 3.8) is 0 Å². The molecule has 3 aromatic rings. The first-order valence-electron chi connectivity index (χ1n) is 10.3. The summed E-state index contributed by atoms with van der Waals surface area (Å²) in [7, 11) is 0. The van der Waals surface area contributed by atoms with Crippen LogP contribution in [0.15, 0.2) is 76.8 Å². The second-order valence-corrected chi connectivity index (χ2v) is 8.75. The summed E-state index contributed by atoms with van der Waals surface area (Å²) >= 11 is 7.64. The van der Waals surface area contributed by atoms with E-state index in [0.717, 1.165) is 23.5 Å². The molecule has 4 rings (SSSR count). The number of benzene rings is 2. The van der Waals surface area contributed by atoms with Gasteiger partial charge in [-0.3, -0.25) is 9.69 Å². The van der Waals surface area contributed by atoms with Gasteiger partial charge in [0.1, 0.15) is 10.8 Å². The van der Waals surface area contributed by atoms with Crippen molar-refractivity contribution in [2.45, 2.75) is 16.0 Å². The van der Waals surface area contributed by atoms with E-state index in [-0.39, 0.29) is 17.8 Å². The number of amides is 1. The lowest BCUT2D eigenvalue weighted by Crippen LogP contribution is -2.43. The first-order valence-corrected chi connectivity index (χ1v) is 11.5. The quantitative estimate of drug-likeness (QED) is 0.535. The van der Waals surface area contributed by atoms with Gasteiger partial charge in [-0.25, -0.2) is 9.37 Å². The molecule has 1 saturated heterocycles. The van der Waals surface area contributed by atoms with Crippen molar-refractivity contribution in [2.24, 2.45) is 0 Å². The molecule has 0 spiro atoms. The lowest BCUT2D eigenvalue weighted by Gasteiger charge is -2.35. The van der Waals surface area contributed by atoms with E-state index in [9.17, 15) is 9.18 Å². The first kappa shape index (κ1) is 22.7. The molecule has 1 fully saturated rings. The fraction of sp³-hybridized carbons (Fsp3) is 0.250. The number of rotatable bonds is 7. The van der Waals surface area contributed by atoms with Crippen LogP contribution in [-0.4, -0.2) is 48.6 Å². The van der Waals surface area contributed by atoms with Crippen molar-refractivity contribution in [1.29, 1.82) is 0 Å². The highest BCUT2D eigenvalue weighted by molar-refractivity contribution is 7.99. The van der Waals surface area contributed by atoms with Gasteiger partial charge in [-0.1, -0.05) is 47.6 Å². The molecule has 8 heteroatoms. The molecule has 1 N–H and O–H groups in total. The molecule has 0 unspecified atom stereocenters. The van der Waals surface area contributed by atoms with Gasteiger partial charge in [-0.15, -0.1) is 0 Å². The Balaban J connectivity index is 1.51. The largest absolute Gasteiger partial charge is 0.379 e. The Morgan fingerprint density at radius 1 is 1.12 bits per heavy atom. The average molecular weight is 472 g/mol. The molecule has 0 saturated carbocycles. The molecular weight excluding hydrogens is 449 g/mol. The van der Waals surface area contributed by atoms with Crippen LogP contribution in [0.25, 0.3) is 0 Å². The highest BCUT2D eigenvalue weighted by Gasteiger charge is 2.24. The average Bonchev–Trinajstić information content (AvgIpc) is 2.83. The Kier molecular flexibility index (Phi) is 7.76. The third kappa shape index (κ3) is 5.66. The number of hydrogen-bond acceptors (Lipinski definition) is 5. The van der Waals surface area contributed by atoms with Crippen molar-refractivity contribution >= 4 is 29.3 Å². The van der Waals surface area contributed by atoms with E-state index in [1.54, 1.807) is 30.5 Å². The summed E-state index contributed by atoms with van der Waals surface area (Å²) in [5.41, 5.74) is 1.43. The van der Waals surface area contributed by atoms with Crippen LogP contribution in [0.5, 0.6) is 0 Å². The van der Waals surface area contributed by atoms with E-state index in [2.05, 4.69) is 15.2 Å². The summed E-state index contributed by atoms with van der Waals surface area (Å²) in [5.74, 6) is -0.497. The minimum atomic E-state index is -0.282. The van der Waals surface area contributed by atoms with Crippen molar-refractivity contribution in [3.05, 3.63) is 88.8 Å². The minimum absolute atomic E-state index is 0.0835. The smallest absolute Gasteiger partial charge is 0.254 e. The van der Waals surface area contributed by atoms with Crippen LogP contribution in [0, 0.1) is 5.82 Å². The summed E-state index contributed by atoms with van der Waals surface area (Å²) < 4.78 is 18.9. The van der Waals surface area contributed by atoms with Gasteiger partial charge in [-0.05, 0) is 42.0 Å². The monoisotopic (exact) mass is 471 g/mol. The highest BCUT2D eigenvalue weighted by Crippen LogP contribution is 2.33. The Bertz CT molecular complexity index is 1060. The molecule has 0 aliphatic carbocycles. The number of morpholine rings is 1. The summed E-state index contributed by atoms with van der Waals surface area (Å²) in [6, 6.07) is 17.3.